The predicted octanol–water partition coefficient (Wildman–Crippen LogP) is 5.05. The number of nitriles is 1. The maximum atomic E-state index is 13.4. The smallest absolute Gasteiger partial charge is 0.239 e. The van der Waals surface area contributed by atoms with E-state index in [1.54, 1.807) is 12.1 Å². The molecule has 1 amide bonds. The summed E-state index contributed by atoms with van der Waals surface area (Å²) in [6, 6.07) is 18.8. The number of primary amides is 1. The Hall–Kier alpha value is -3.36. The summed E-state index contributed by atoms with van der Waals surface area (Å²) in [5, 5.41) is 10.4. The van der Waals surface area contributed by atoms with E-state index in [4.69, 9.17) is 17.3 Å². The number of benzene rings is 2. The largest absolute Gasteiger partial charge is 0.368 e. The molecule has 1 aliphatic rings. The molecule has 1 aromatic heterocycles. The van der Waals surface area contributed by atoms with E-state index >= 15 is 0 Å². The summed E-state index contributed by atoms with van der Waals surface area (Å²) in [6.07, 6.45) is 0.955. The third-order valence-electron chi connectivity index (χ3n) is 5.70. The second kappa shape index (κ2) is 7.72. The molecule has 0 saturated carbocycles. The van der Waals surface area contributed by atoms with Gasteiger partial charge in [-0.05, 0) is 41.7 Å². The van der Waals surface area contributed by atoms with Gasteiger partial charge in [-0.2, -0.15) is 5.26 Å². The average Bonchev–Trinajstić information content (AvgIpc) is 3.03. The lowest BCUT2D eigenvalue weighted by Crippen LogP contribution is -2.29. The number of carbonyl (C=O) groups excluding carboxylic acids is 2. The maximum absolute atomic E-state index is 13.4. The van der Waals surface area contributed by atoms with Crippen LogP contribution in [-0.4, -0.2) is 16.3 Å². The molecule has 1 aliphatic carbocycles. The minimum Gasteiger partial charge on any atom is -0.368 e. The van der Waals surface area contributed by atoms with Gasteiger partial charge in [0, 0.05) is 34.0 Å². The van der Waals surface area contributed by atoms with Gasteiger partial charge >= 0.3 is 0 Å². The second-order valence-corrected chi connectivity index (χ2v) is 9.10. The molecule has 2 N–H and O–H groups in total. The van der Waals surface area contributed by atoms with Crippen LogP contribution in [0.5, 0.6) is 0 Å². The van der Waals surface area contributed by atoms with Crippen LogP contribution >= 0.6 is 11.6 Å². The number of hydrogen-bond acceptors (Lipinski definition) is 3. The SMILES string of the molecule is CC1(C)CC(=O)c2c(C(C#N)C(N)=O)c(-c3ccccc3)n(-c3ccc(Cl)cc3)c2C1. The van der Waals surface area contributed by atoms with E-state index in [-0.39, 0.29) is 11.2 Å². The Labute approximate surface area is 186 Å². The normalized spacial score (nSPS) is 15.7. The van der Waals surface area contributed by atoms with Crippen molar-refractivity contribution in [3.63, 3.8) is 0 Å². The van der Waals surface area contributed by atoms with Crippen molar-refractivity contribution in [3.05, 3.63) is 76.4 Å². The second-order valence-electron chi connectivity index (χ2n) is 8.67. The van der Waals surface area contributed by atoms with Crippen molar-refractivity contribution in [1.29, 1.82) is 5.26 Å². The van der Waals surface area contributed by atoms with Gasteiger partial charge in [-0.25, -0.2) is 0 Å². The van der Waals surface area contributed by atoms with E-state index in [1.807, 2.05) is 66.9 Å². The Morgan fingerprint density at radius 3 is 2.35 bits per heavy atom. The Balaban J connectivity index is 2.17. The van der Waals surface area contributed by atoms with Crippen molar-refractivity contribution in [2.75, 3.05) is 0 Å². The van der Waals surface area contributed by atoms with Crippen LogP contribution in [0.4, 0.5) is 0 Å². The molecule has 1 heterocycles. The van der Waals surface area contributed by atoms with Crippen LogP contribution in [0.25, 0.3) is 16.9 Å². The number of amides is 1. The highest BCUT2D eigenvalue weighted by molar-refractivity contribution is 6.30. The van der Waals surface area contributed by atoms with Crippen LogP contribution in [0.1, 0.15) is 47.8 Å². The van der Waals surface area contributed by atoms with Gasteiger partial charge in [0.1, 0.15) is 0 Å². The number of hydrogen-bond donors (Lipinski definition) is 1. The zero-order chi connectivity index (χ0) is 22.3. The fourth-order valence-corrected chi connectivity index (χ4v) is 4.59. The van der Waals surface area contributed by atoms with Gasteiger partial charge in [0.15, 0.2) is 11.7 Å². The first-order chi connectivity index (χ1) is 14.7. The molecule has 4 rings (SSSR count). The fraction of sp³-hybridized carbons (Fsp3) is 0.240. The molecule has 2 aromatic carbocycles. The topological polar surface area (TPSA) is 88.9 Å². The first-order valence-electron chi connectivity index (χ1n) is 10.0. The van der Waals surface area contributed by atoms with Crippen LogP contribution in [0.15, 0.2) is 54.6 Å². The highest BCUT2D eigenvalue weighted by Gasteiger charge is 2.41. The summed E-state index contributed by atoms with van der Waals surface area (Å²) in [7, 11) is 0. The molecular formula is C25H22ClN3O2. The number of ketones is 1. The van der Waals surface area contributed by atoms with Gasteiger partial charge < -0.3 is 10.3 Å². The zero-order valence-corrected chi connectivity index (χ0v) is 18.1. The predicted molar refractivity (Wildman–Crippen MR) is 120 cm³/mol. The van der Waals surface area contributed by atoms with Crippen LogP contribution < -0.4 is 5.73 Å². The third kappa shape index (κ3) is 3.64. The first-order valence-corrected chi connectivity index (χ1v) is 10.4. The Morgan fingerprint density at radius 1 is 1.13 bits per heavy atom. The number of halogens is 1. The Bertz CT molecular complexity index is 1220. The van der Waals surface area contributed by atoms with Gasteiger partial charge in [0.25, 0.3) is 0 Å². The molecule has 1 unspecified atom stereocenters. The van der Waals surface area contributed by atoms with Crippen LogP contribution in [0.3, 0.4) is 0 Å². The molecule has 0 spiro atoms. The van der Waals surface area contributed by atoms with Gasteiger partial charge in [0.05, 0.1) is 11.8 Å². The van der Waals surface area contributed by atoms with Crippen LogP contribution in [-0.2, 0) is 11.2 Å². The van der Waals surface area contributed by atoms with Crippen molar-refractivity contribution in [1.82, 2.24) is 4.57 Å². The molecule has 1 atom stereocenters. The standard InChI is InChI=1S/C25H22ClN3O2/c1-25(2)12-19-22(20(30)13-25)21(18(14-27)24(28)31)23(15-6-4-3-5-7-15)29(19)17-10-8-16(26)9-11-17/h3-11,18H,12-13H2,1-2H3,(H2,28,31). The monoisotopic (exact) mass is 431 g/mol. The Kier molecular flexibility index (Phi) is 5.20. The summed E-state index contributed by atoms with van der Waals surface area (Å²) in [5.41, 5.74) is 9.24. The molecule has 31 heavy (non-hydrogen) atoms. The maximum Gasteiger partial charge on any atom is 0.239 e. The van der Waals surface area contributed by atoms with Crippen molar-refractivity contribution < 1.29 is 9.59 Å². The quantitative estimate of drug-likeness (QED) is 0.627. The lowest BCUT2D eigenvalue weighted by molar-refractivity contribution is -0.118. The third-order valence-corrected chi connectivity index (χ3v) is 5.96. The van der Waals surface area contributed by atoms with Gasteiger partial charge in [-0.1, -0.05) is 55.8 Å². The van der Waals surface area contributed by atoms with Crippen LogP contribution in [0, 0.1) is 16.7 Å². The number of aromatic nitrogens is 1. The number of nitrogens with two attached hydrogens (primary N) is 1. The van der Waals surface area contributed by atoms with Crippen LogP contribution in [0.2, 0.25) is 5.02 Å². The fourth-order valence-electron chi connectivity index (χ4n) is 4.47. The van der Waals surface area contributed by atoms with Crippen molar-refractivity contribution in [2.45, 2.75) is 32.6 Å². The molecule has 0 fully saturated rings. The molecule has 0 saturated heterocycles. The number of carbonyl (C=O) groups is 2. The van der Waals surface area contributed by atoms with Gasteiger partial charge in [-0.15, -0.1) is 0 Å². The lowest BCUT2D eigenvalue weighted by atomic mass is 9.74. The molecule has 156 valence electrons. The summed E-state index contributed by atoms with van der Waals surface area (Å²) in [5.74, 6) is -2.08. The highest BCUT2D eigenvalue weighted by atomic mass is 35.5. The minimum absolute atomic E-state index is 0.0763. The summed E-state index contributed by atoms with van der Waals surface area (Å²) >= 11 is 6.12. The summed E-state index contributed by atoms with van der Waals surface area (Å²) in [6.45, 7) is 4.09. The molecule has 0 aliphatic heterocycles. The van der Waals surface area contributed by atoms with Crippen molar-refractivity contribution in [3.8, 4) is 23.0 Å². The average molecular weight is 432 g/mol. The number of nitrogens with zero attached hydrogens (tertiary/aromatic N) is 2. The van der Waals surface area contributed by atoms with Gasteiger partial charge in [0.2, 0.25) is 5.91 Å². The molecular weight excluding hydrogens is 410 g/mol. The number of Topliss-reactive ketones (excluding diaryl/α,β-unsaturated/α-hetero) is 1. The summed E-state index contributed by atoms with van der Waals surface area (Å²) in [4.78, 5) is 25.6. The zero-order valence-electron chi connectivity index (χ0n) is 17.4. The number of fused-ring (bicyclic) bond motifs is 1. The van der Waals surface area contributed by atoms with E-state index in [1.165, 1.54) is 0 Å². The summed E-state index contributed by atoms with van der Waals surface area (Å²) < 4.78 is 1.99. The molecule has 3 aromatic rings. The lowest BCUT2D eigenvalue weighted by Gasteiger charge is -2.30. The van der Waals surface area contributed by atoms with Crippen molar-refractivity contribution in [2.24, 2.45) is 11.1 Å². The molecule has 6 heteroatoms. The molecule has 0 bridgehead atoms. The van der Waals surface area contributed by atoms with Crippen molar-refractivity contribution >= 4 is 23.3 Å². The van der Waals surface area contributed by atoms with E-state index in [2.05, 4.69) is 0 Å². The highest BCUT2D eigenvalue weighted by Crippen LogP contribution is 2.45. The Morgan fingerprint density at radius 2 is 1.77 bits per heavy atom. The molecule has 0 radical (unpaired) electrons. The van der Waals surface area contributed by atoms with Gasteiger partial charge in [-0.3, -0.25) is 9.59 Å². The van der Waals surface area contributed by atoms with E-state index in [9.17, 15) is 14.9 Å². The molecule has 5 nitrogen and oxygen atoms in total. The van der Waals surface area contributed by atoms with E-state index in [0.717, 1.165) is 16.9 Å². The first kappa shape index (κ1) is 20.9. The number of rotatable bonds is 4. The van der Waals surface area contributed by atoms with E-state index < -0.39 is 11.8 Å². The minimum atomic E-state index is -1.23. The van der Waals surface area contributed by atoms with E-state index in [0.29, 0.717) is 34.7 Å².